The molecule has 31 heavy (non-hydrogen) atoms. The highest BCUT2D eigenvalue weighted by Crippen LogP contribution is 2.30. The maximum Gasteiger partial charge on any atom is 0.241 e. The summed E-state index contributed by atoms with van der Waals surface area (Å²) in [5.74, 6) is 0.129. The smallest absolute Gasteiger partial charge is 0.241 e. The van der Waals surface area contributed by atoms with Crippen molar-refractivity contribution in [2.24, 2.45) is 11.8 Å². The number of ketones is 1. The molecule has 2 heterocycles. The van der Waals surface area contributed by atoms with Gasteiger partial charge in [0.05, 0.1) is 12.0 Å². The minimum Gasteiger partial charge on any atom is -0.332 e. The molecule has 3 aliphatic rings. The maximum absolute atomic E-state index is 13.0. The Hall–Kier alpha value is -1.92. The zero-order chi connectivity index (χ0) is 21.8. The van der Waals surface area contributed by atoms with Crippen molar-refractivity contribution in [3.8, 4) is 0 Å². The van der Waals surface area contributed by atoms with Crippen LogP contribution in [-0.2, 0) is 27.2 Å². The molecule has 0 radical (unpaired) electrons. The third-order valence-electron chi connectivity index (χ3n) is 7.20. The highest BCUT2D eigenvalue weighted by molar-refractivity contribution is 7.80. The molecule has 2 aliphatic heterocycles. The number of hydrogen-bond acceptors (Lipinski definition) is 5. The Labute approximate surface area is 190 Å². The standard InChI is InChI=1S/C25H32N2O3S/c28-16-20-10-6-12-27(20)25(30)24-23(22(31)15-26-24)21(29)11-3-1-2-7-17-13-18-8-4-5-9-19(18)14-17/h4-5,8-9,16-17,20,23-24,26H,1-3,6-7,10-15H2/t20-,23?,24-/m0/s1. The number of likely N-dealkylation sites (tertiary alicyclic amines) is 1. The molecule has 3 atom stereocenters. The number of Topliss-reactive ketones (excluding diaryl/α,β-unsaturated/α-hetero) is 1. The molecule has 0 spiro atoms. The minimum atomic E-state index is -0.599. The molecule has 5 nitrogen and oxygen atoms in total. The maximum atomic E-state index is 13.0. The molecule has 1 aliphatic carbocycles. The van der Waals surface area contributed by atoms with Crippen molar-refractivity contribution >= 4 is 35.1 Å². The van der Waals surface area contributed by atoms with Gasteiger partial charge in [-0.1, -0.05) is 49.3 Å². The fraction of sp³-hybridized carbons (Fsp3) is 0.600. The summed E-state index contributed by atoms with van der Waals surface area (Å²) in [5.41, 5.74) is 2.99. The first kappa shape index (κ1) is 22.3. The molecule has 166 valence electrons. The number of rotatable bonds is 9. The van der Waals surface area contributed by atoms with Gasteiger partial charge in [-0.05, 0) is 55.6 Å². The lowest BCUT2D eigenvalue weighted by Crippen LogP contribution is -2.50. The predicted octanol–water partition coefficient (Wildman–Crippen LogP) is 3.07. The topological polar surface area (TPSA) is 66.5 Å². The first-order chi connectivity index (χ1) is 15.1. The highest BCUT2D eigenvalue weighted by Gasteiger charge is 2.44. The summed E-state index contributed by atoms with van der Waals surface area (Å²) in [4.78, 5) is 39.5. The van der Waals surface area contributed by atoms with Crippen LogP contribution in [0.15, 0.2) is 24.3 Å². The van der Waals surface area contributed by atoms with Gasteiger partial charge in [-0.25, -0.2) is 0 Å². The Balaban J connectivity index is 1.21. The second-order valence-electron chi connectivity index (χ2n) is 9.29. The third-order valence-corrected chi connectivity index (χ3v) is 7.60. The van der Waals surface area contributed by atoms with Crippen molar-refractivity contribution in [3.05, 3.63) is 35.4 Å². The molecular weight excluding hydrogens is 408 g/mol. The number of nitrogens with one attached hydrogen (secondary N) is 1. The predicted molar refractivity (Wildman–Crippen MR) is 124 cm³/mol. The van der Waals surface area contributed by atoms with Crippen LogP contribution in [0.2, 0.25) is 0 Å². The van der Waals surface area contributed by atoms with Crippen LogP contribution in [0.4, 0.5) is 0 Å². The molecule has 2 saturated heterocycles. The third kappa shape index (κ3) is 4.96. The van der Waals surface area contributed by atoms with Crippen molar-refractivity contribution < 1.29 is 14.4 Å². The lowest BCUT2D eigenvalue weighted by atomic mass is 9.90. The van der Waals surface area contributed by atoms with Crippen molar-refractivity contribution in [2.75, 3.05) is 13.1 Å². The van der Waals surface area contributed by atoms with Crippen LogP contribution in [-0.4, -0.2) is 52.9 Å². The lowest BCUT2D eigenvalue weighted by Gasteiger charge is -2.26. The van der Waals surface area contributed by atoms with Crippen molar-refractivity contribution in [1.82, 2.24) is 10.2 Å². The number of carbonyl (C=O) groups is 3. The Morgan fingerprint density at radius 2 is 1.87 bits per heavy atom. The molecule has 1 amide bonds. The summed E-state index contributed by atoms with van der Waals surface area (Å²) in [6.07, 6.45) is 9.43. The van der Waals surface area contributed by atoms with E-state index in [0.717, 1.165) is 37.9 Å². The number of amides is 1. The number of hydrogen-bond donors (Lipinski definition) is 1. The summed E-state index contributed by atoms with van der Waals surface area (Å²) in [5, 5.41) is 3.14. The summed E-state index contributed by atoms with van der Waals surface area (Å²) in [6.45, 7) is 1.00. The molecule has 2 fully saturated rings. The number of aldehydes is 1. The van der Waals surface area contributed by atoms with Gasteiger partial charge in [0.15, 0.2) is 0 Å². The average Bonchev–Trinajstić information content (AvgIpc) is 3.50. The molecule has 6 heteroatoms. The first-order valence-electron chi connectivity index (χ1n) is 11.7. The lowest BCUT2D eigenvalue weighted by molar-refractivity contribution is -0.138. The second kappa shape index (κ2) is 10.1. The Bertz CT molecular complexity index is 830. The fourth-order valence-electron chi connectivity index (χ4n) is 5.52. The van der Waals surface area contributed by atoms with E-state index >= 15 is 0 Å². The average molecular weight is 441 g/mol. The summed E-state index contributed by atoms with van der Waals surface area (Å²) < 4.78 is 0. The van der Waals surface area contributed by atoms with E-state index in [1.165, 1.54) is 30.4 Å². The van der Waals surface area contributed by atoms with Gasteiger partial charge in [0.2, 0.25) is 5.91 Å². The quantitative estimate of drug-likeness (QED) is 0.363. The largest absolute Gasteiger partial charge is 0.332 e. The van der Waals surface area contributed by atoms with E-state index in [0.29, 0.717) is 30.8 Å². The normalized spacial score (nSPS) is 25.7. The van der Waals surface area contributed by atoms with Gasteiger partial charge in [0.25, 0.3) is 0 Å². The van der Waals surface area contributed by atoms with Gasteiger partial charge < -0.3 is 15.0 Å². The van der Waals surface area contributed by atoms with Crippen LogP contribution in [0.25, 0.3) is 0 Å². The Kier molecular flexibility index (Phi) is 7.28. The van der Waals surface area contributed by atoms with Gasteiger partial charge in [0.1, 0.15) is 18.1 Å². The summed E-state index contributed by atoms with van der Waals surface area (Å²) in [6, 6.07) is 7.76. The number of nitrogens with zero attached hydrogens (tertiary/aromatic N) is 1. The van der Waals surface area contributed by atoms with Crippen LogP contribution in [0.5, 0.6) is 0 Å². The van der Waals surface area contributed by atoms with Crippen molar-refractivity contribution in [1.29, 1.82) is 0 Å². The molecule has 0 aromatic heterocycles. The number of thiocarbonyl (C=S) groups is 1. The molecule has 0 bridgehead atoms. The minimum absolute atomic E-state index is 0.0727. The molecule has 1 unspecified atom stereocenters. The van der Waals surface area contributed by atoms with Gasteiger partial charge in [-0.3, -0.25) is 9.59 Å². The van der Waals surface area contributed by atoms with E-state index in [1.807, 2.05) is 0 Å². The molecule has 1 aromatic rings. The number of benzene rings is 1. The van der Waals surface area contributed by atoms with Gasteiger partial charge >= 0.3 is 0 Å². The molecule has 1 N–H and O–H groups in total. The van der Waals surface area contributed by atoms with Crippen LogP contribution in [0.1, 0.15) is 56.1 Å². The summed E-state index contributed by atoms with van der Waals surface area (Å²) >= 11 is 5.43. The van der Waals surface area contributed by atoms with Crippen LogP contribution < -0.4 is 5.32 Å². The number of unbranched alkanes of at least 4 members (excludes halogenated alkanes) is 2. The van der Waals surface area contributed by atoms with Gasteiger partial charge in [-0.15, -0.1) is 0 Å². The van der Waals surface area contributed by atoms with E-state index in [1.54, 1.807) is 4.90 Å². The van der Waals surface area contributed by atoms with E-state index in [-0.39, 0.29) is 17.7 Å². The highest BCUT2D eigenvalue weighted by atomic mass is 32.1. The van der Waals surface area contributed by atoms with Crippen molar-refractivity contribution in [3.63, 3.8) is 0 Å². The molecule has 0 saturated carbocycles. The Morgan fingerprint density at radius 3 is 2.58 bits per heavy atom. The zero-order valence-corrected chi connectivity index (χ0v) is 18.9. The Morgan fingerprint density at radius 1 is 1.13 bits per heavy atom. The second-order valence-corrected chi connectivity index (χ2v) is 9.81. The van der Waals surface area contributed by atoms with Gasteiger partial charge in [0, 0.05) is 24.4 Å². The van der Waals surface area contributed by atoms with Crippen LogP contribution in [0.3, 0.4) is 0 Å². The number of fused-ring (bicyclic) bond motifs is 1. The van der Waals surface area contributed by atoms with Crippen molar-refractivity contribution in [2.45, 2.75) is 69.9 Å². The number of carbonyl (C=O) groups excluding carboxylic acids is 3. The van der Waals surface area contributed by atoms with Gasteiger partial charge in [-0.2, -0.15) is 0 Å². The molecule has 1 aromatic carbocycles. The van der Waals surface area contributed by atoms with Crippen LogP contribution >= 0.6 is 12.2 Å². The van der Waals surface area contributed by atoms with E-state index < -0.39 is 12.0 Å². The fourth-order valence-corrected chi connectivity index (χ4v) is 5.88. The first-order valence-corrected chi connectivity index (χ1v) is 12.1. The van der Waals surface area contributed by atoms with Crippen LogP contribution in [0, 0.1) is 11.8 Å². The van der Waals surface area contributed by atoms with E-state index in [9.17, 15) is 14.4 Å². The monoisotopic (exact) mass is 440 g/mol. The molecular formula is C25H32N2O3S. The summed E-state index contributed by atoms with van der Waals surface area (Å²) in [7, 11) is 0. The SMILES string of the molecule is O=C[C@@H]1CCCN1C(=O)[C@H]1NCC(=S)C1C(=O)CCCCCC1Cc2ccccc2C1. The molecule has 4 rings (SSSR count). The zero-order valence-electron chi connectivity index (χ0n) is 18.1. The van der Waals surface area contributed by atoms with E-state index in [4.69, 9.17) is 12.2 Å². The van der Waals surface area contributed by atoms with E-state index in [2.05, 4.69) is 29.6 Å².